The highest BCUT2D eigenvalue weighted by Crippen LogP contribution is 2.38. The van der Waals surface area contributed by atoms with Crippen LogP contribution in [-0.4, -0.2) is 38.1 Å². The molecule has 2 aromatic carbocycles. The summed E-state index contributed by atoms with van der Waals surface area (Å²) in [6.07, 6.45) is 0. The number of thiocarbonyl (C=S) groups is 1. The lowest BCUT2D eigenvalue weighted by Crippen LogP contribution is -2.25. The summed E-state index contributed by atoms with van der Waals surface area (Å²) in [5, 5.41) is 6.98. The highest BCUT2D eigenvalue weighted by atomic mass is 32.1. The Bertz CT molecular complexity index is 872. The van der Waals surface area contributed by atoms with E-state index in [-0.39, 0.29) is 11.0 Å². The maximum Gasteiger partial charge on any atom is 0.255 e. The summed E-state index contributed by atoms with van der Waals surface area (Å²) in [6.45, 7) is 1.81. The van der Waals surface area contributed by atoms with E-state index in [0.717, 1.165) is 5.56 Å². The molecule has 0 spiro atoms. The van der Waals surface area contributed by atoms with Crippen molar-refractivity contribution in [1.29, 1.82) is 0 Å². The first-order valence-corrected chi connectivity index (χ1v) is 8.62. The van der Waals surface area contributed by atoms with Gasteiger partial charge in [0.05, 0.1) is 27.0 Å². The second kappa shape index (κ2) is 9.56. The smallest absolute Gasteiger partial charge is 0.255 e. The SMILES string of the molecule is COc1cc(C(=O)Nc2ccc(/C(C)=N/NC(N)=S)cc2)cc(OC)c1OC. The van der Waals surface area contributed by atoms with Gasteiger partial charge in [0.1, 0.15) is 0 Å². The quantitative estimate of drug-likeness (QED) is 0.371. The Morgan fingerprint density at radius 1 is 1.00 bits per heavy atom. The molecule has 8 nitrogen and oxygen atoms in total. The summed E-state index contributed by atoms with van der Waals surface area (Å²) in [4.78, 5) is 12.6. The number of methoxy groups -OCH3 is 3. The highest BCUT2D eigenvalue weighted by molar-refractivity contribution is 7.80. The molecular weight excluding hydrogens is 380 g/mol. The Kier molecular flexibility index (Phi) is 7.16. The minimum Gasteiger partial charge on any atom is -0.493 e. The number of amides is 1. The fraction of sp³-hybridized carbons (Fsp3) is 0.211. The van der Waals surface area contributed by atoms with Crippen molar-refractivity contribution in [2.75, 3.05) is 26.6 Å². The standard InChI is InChI=1S/C19H22N4O4S/c1-11(22-23-19(20)28)12-5-7-14(8-6-12)21-18(24)13-9-15(25-2)17(27-4)16(10-13)26-3/h5-10H,1-4H3,(H,21,24)(H3,20,23,28)/b22-11+. The molecule has 0 aliphatic heterocycles. The maximum absolute atomic E-state index is 12.6. The lowest BCUT2D eigenvalue weighted by atomic mass is 10.1. The molecule has 2 aromatic rings. The average Bonchev–Trinajstić information content (AvgIpc) is 2.71. The van der Waals surface area contributed by atoms with Gasteiger partial charge in [0.25, 0.3) is 5.91 Å². The molecule has 148 valence electrons. The van der Waals surface area contributed by atoms with Crippen LogP contribution in [-0.2, 0) is 0 Å². The fourth-order valence-corrected chi connectivity index (χ4v) is 2.46. The van der Waals surface area contributed by atoms with E-state index in [2.05, 4.69) is 15.8 Å². The molecule has 0 radical (unpaired) electrons. The van der Waals surface area contributed by atoms with Crippen LogP contribution in [0.25, 0.3) is 0 Å². The average molecular weight is 402 g/mol. The van der Waals surface area contributed by atoms with Crippen LogP contribution in [0, 0.1) is 0 Å². The van der Waals surface area contributed by atoms with Crippen molar-refractivity contribution in [2.45, 2.75) is 6.92 Å². The number of nitrogens with one attached hydrogen (secondary N) is 2. The number of nitrogens with zero attached hydrogens (tertiary/aromatic N) is 1. The molecule has 0 saturated heterocycles. The van der Waals surface area contributed by atoms with Gasteiger partial charge in [-0.1, -0.05) is 12.1 Å². The molecule has 28 heavy (non-hydrogen) atoms. The molecular formula is C19H22N4O4S. The molecule has 2 rings (SSSR count). The molecule has 0 aliphatic rings. The Labute approximate surface area is 168 Å². The molecule has 9 heteroatoms. The first-order valence-electron chi connectivity index (χ1n) is 8.21. The minimum atomic E-state index is -0.312. The Balaban J connectivity index is 2.19. The van der Waals surface area contributed by atoms with Crippen LogP contribution in [0.4, 0.5) is 5.69 Å². The number of ether oxygens (including phenoxy) is 3. The van der Waals surface area contributed by atoms with Crippen LogP contribution in [0.15, 0.2) is 41.5 Å². The van der Waals surface area contributed by atoms with Crippen LogP contribution >= 0.6 is 12.2 Å². The molecule has 1 amide bonds. The normalized spacial score (nSPS) is 10.8. The van der Waals surface area contributed by atoms with Crippen LogP contribution in [0.3, 0.4) is 0 Å². The third kappa shape index (κ3) is 5.10. The van der Waals surface area contributed by atoms with E-state index < -0.39 is 0 Å². The number of hydrogen-bond acceptors (Lipinski definition) is 6. The zero-order valence-corrected chi connectivity index (χ0v) is 16.8. The molecule has 0 aromatic heterocycles. The molecule has 0 unspecified atom stereocenters. The predicted molar refractivity (Wildman–Crippen MR) is 113 cm³/mol. The van der Waals surface area contributed by atoms with Crippen LogP contribution in [0.5, 0.6) is 17.2 Å². The predicted octanol–water partition coefficient (Wildman–Crippen LogP) is 2.52. The largest absolute Gasteiger partial charge is 0.493 e. The van der Waals surface area contributed by atoms with Crippen molar-refractivity contribution < 1.29 is 19.0 Å². The van der Waals surface area contributed by atoms with E-state index in [4.69, 9.17) is 32.2 Å². The number of hydrazone groups is 1. The van der Waals surface area contributed by atoms with E-state index in [0.29, 0.717) is 34.2 Å². The van der Waals surface area contributed by atoms with E-state index in [1.54, 1.807) is 24.3 Å². The zero-order chi connectivity index (χ0) is 20.7. The van der Waals surface area contributed by atoms with Gasteiger partial charge in [-0.2, -0.15) is 5.10 Å². The molecule has 0 aliphatic carbocycles. The van der Waals surface area contributed by atoms with E-state index in [9.17, 15) is 4.79 Å². The number of anilines is 1. The summed E-state index contributed by atoms with van der Waals surface area (Å²) < 4.78 is 15.8. The second-order valence-electron chi connectivity index (χ2n) is 5.62. The van der Waals surface area contributed by atoms with Gasteiger partial charge >= 0.3 is 0 Å². The van der Waals surface area contributed by atoms with Crippen molar-refractivity contribution >= 4 is 34.6 Å². The molecule has 0 atom stereocenters. The maximum atomic E-state index is 12.6. The van der Waals surface area contributed by atoms with Gasteiger partial charge in [-0.3, -0.25) is 10.2 Å². The second-order valence-corrected chi connectivity index (χ2v) is 6.06. The van der Waals surface area contributed by atoms with Crippen LogP contribution < -0.4 is 30.7 Å². The van der Waals surface area contributed by atoms with Crippen LogP contribution in [0.1, 0.15) is 22.8 Å². The highest BCUT2D eigenvalue weighted by Gasteiger charge is 2.17. The Hall–Kier alpha value is -3.33. The number of benzene rings is 2. The van der Waals surface area contributed by atoms with E-state index in [1.807, 2.05) is 19.1 Å². The van der Waals surface area contributed by atoms with Gasteiger partial charge in [0.2, 0.25) is 5.75 Å². The van der Waals surface area contributed by atoms with Crippen LogP contribution in [0.2, 0.25) is 0 Å². The number of carbonyl (C=O) groups is 1. The van der Waals surface area contributed by atoms with E-state index >= 15 is 0 Å². The summed E-state index contributed by atoms with van der Waals surface area (Å²) in [7, 11) is 4.49. The summed E-state index contributed by atoms with van der Waals surface area (Å²) in [5.74, 6) is 0.915. The summed E-state index contributed by atoms with van der Waals surface area (Å²) in [5.41, 5.74) is 10.4. The molecule has 0 bridgehead atoms. The topological polar surface area (TPSA) is 107 Å². The van der Waals surface area contributed by atoms with Crippen molar-refractivity contribution in [1.82, 2.24) is 5.43 Å². The van der Waals surface area contributed by atoms with Gasteiger partial charge in [-0.05, 0) is 49.0 Å². The summed E-state index contributed by atoms with van der Waals surface area (Å²) >= 11 is 4.72. The third-order valence-electron chi connectivity index (χ3n) is 3.82. The van der Waals surface area contributed by atoms with Gasteiger partial charge in [0, 0.05) is 11.3 Å². The number of rotatable bonds is 7. The van der Waals surface area contributed by atoms with Crippen molar-refractivity contribution in [3.63, 3.8) is 0 Å². The van der Waals surface area contributed by atoms with Gasteiger partial charge in [0.15, 0.2) is 16.6 Å². The van der Waals surface area contributed by atoms with Crippen molar-refractivity contribution in [3.05, 3.63) is 47.5 Å². The zero-order valence-electron chi connectivity index (χ0n) is 16.0. The first kappa shape index (κ1) is 21.0. The van der Waals surface area contributed by atoms with Crippen molar-refractivity contribution in [3.8, 4) is 17.2 Å². The third-order valence-corrected chi connectivity index (χ3v) is 3.91. The molecule has 4 N–H and O–H groups in total. The van der Waals surface area contributed by atoms with Gasteiger partial charge in [-0.25, -0.2) is 0 Å². The first-order chi connectivity index (χ1) is 13.4. The minimum absolute atomic E-state index is 0.0913. The molecule has 0 heterocycles. The number of hydrogen-bond donors (Lipinski definition) is 3. The Morgan fingerprint density at radius 2 is 1.57 bits per heavy atom. The van der Waals surface area contributed by atoms with Gasteiger partial charge in [-0.15, -0.1) is 0 Å². The van der Waals surface area contributed by atoms with Crippen molar-refractivity contribution in [2.24, 2.45) is 10.8 Å². The number of carbonyl (C=O) groups excluding carboxylic acids is 1. The molecule has 0 fully saturated rings. The fourth-order valence-electron chi connectivity index (χ4n) is 2.41. The monoisotopic (exact) mass is 402 g/mol. The van der Waals surface area contributed by atoms with E-state index in [1.165, 1.54) is 21.3 Å². The van der Waals surface area contributed by atoms with Gasteiger partial charge < -0.3 is 25.3 Å². The Morgan fingerprint density at radius 3 is 2.04 bits per heavy atom. The molecule has 0 saturated carbocycles. The number of nitrogens with two attached hydrogens (primary N) is 1. The lowest BCUT2D eigenvalue weighted by molar-refractivity contribution is 0.102. The lowest BCUT2D eigenvalue weighted by Gasteiger charge is -2.14. The summed E-state index contributed by atoms with van der Waals surface area (Å²) in [6, 6.07) is 10.4.